The summed E-state index contributed by atoms with van der Waals surface area (Å²) in [5.74, 6) is 0.140. The van der Waals surface area contributed by atoms with Crippen LogP contribution in [0, 0.1) is 0 Å². The van der Waals surface area contributed by atoms with Crippen molar-refractivity contribution in [2.45, 2.75) is 19.0 Å². The standard InChI is InChI=1S/C27H28N4O5/c1-27(20-10-7-11-23(16-20)36-3)25(33)31(26(34)28-27)29-24(32)18-30(17-19-8-5-4-6-9-19)21-12-14-22(35-2)15-13-21/h4-16H,17-18H2,1-3H3,(H,28,34)(H,29,32). The number of benzene rings is 3. The maximum atomic E-state index is 13.3. The van der Waals surface area contributed by atoms with Crippen molar-refractivity contribution in [3.63, 3.8) is 0 Å². The number of ether oxygens (including phenoxy) is 2. The van der Waals surface area contributed by atoms with Crippen molar-refractivity contribution in [1.82, 2.24) is 15.8 Å². The Bertz CT molecular complexity index is 1250. The number of hydrogen-bond donors (Lipinski definition) is 2. The number of imide groups is 1. The van der Waals surface area contributed by atoms with E-state index in [1.807, 2.05) is 59.5 Å². The molecule has 0 saturated carbocycles. The van der Waals surface area contributed by atoms with Gasteiger partial charge in [0.1, 0.15) is 17.0 Å². The molecule has 0 radical (unpaired) electrons. The molecular weight excluding hydrogens is 460 g/mol. The first kappa shape index (κ1) is 24.6. The molecule has 2 N–H and O–H groups in total. The summed E-state index contributed by atoms with van der Waals surface area (Å²) in [6, 6.07) is 23.2. The normalized spacial score (nSPS) is 16.9. The van der Waals surface area contributed by atoms with E-state index in [1.165, 1.54) is 7.11 Å². The maximum absolute atomic E-state index is 13.3. The van der Waals surface area contributed by atoms with Crippen LogP contribution in [0.15, 0.2) is 78.9 Å². The van der Waals surface area contributed by atoms with E-state index in [-0.39, 0.29) is 6.54 Å². The molecule has 1 aliphatic heterocycles. The van der Waals surface area contributed by atoms with Gasteiger partial charge < -0.3 is 19.7 Å². The number of hydrazine groups is 1. The van der Waals surface area contributed by atoms with Crippen LogP contribution in [-0.4, -0.2) is 43.6 Å². The Morgan fingerprint density at radius 2 is 1.64 bits per heavy atom. The van der Waals surface area contributed by atoms with Crippen molar-refractivity contribution in [3.05, 3.63) is 90.0 Å². The Balaban J connectivity index is 1.51. The summed E-state index contributed by atoms with van der Waals surface area (Å²) in [7, 11) is 3.11. The quantitative estimate of drug-likeness (QED) is 0.449. The summed E-state index contributed by atoms with van der Waals surface area (Å²) in [6.45, 7) is 1.95. The lowest BCUT2D eigenvalue weighted by Crippen LogP contribution is -2.50. The first-order valence-corrected chi connectivity index (χ1v) is 11.4. The molecule has 3 aromatic carbocycles. The lowest BCUT2D eigenvalue weighted by atomic mass is 9.92. The first-order valence-electron chi connectivity index (χ1n) is 11.4. The van der Waals surface area contributed by atoms with E-state index < -0.39 is 23.4 Å². The summed E-state index contributed by atoms with van der Waals surface area (Å²) in [5, 5.41) is 3.41. The number of carbonyl (C=O) groups is 3. The SMILES string of the molecule is COc1ccc(N(CC(=O)NN2C(=O)NC(C)(c3cccc(OC)c3)C2=O)Cc2ccccc2)cc1. The molecule has 1 atom stereocenters. The fraction of sp³-hybridized carbons (Fsp3) is 0.222. The van der Waals surface area contributed by atoms with Crippen LogP contribution in [0.5, 0.6) is 11.5 Å². The van der Waals surface area contributed by atoms with Gasteiger partial charge in [-0.2, -0.15) is 5.01 Å². The van der Waals surface area contributed by atoms with Crippen molar-refractivity contribution in [3.8, 4) is 11.5 Å². The highest BCUT2D eigenvalue weighted by molar-refractivity contribution is 6.08. The van der Waals surface area contributed by atoms with Gasteiger partial charge in [-0.1, -0.05) is 42.5 Å². The van der Waals surface area contributed by atoms with Crippen LogP contribution in [-0.2, 0) is 21.7 Å². The zero-order valence-electron chi connectivity index (χ0n) is 20.4. The number of anilines is 1. The molecular formula is C27H28N4O5. The Morgan fingerprint density at radius 1 is 0.944 bits per heavy atom. The van der Waals surface area contributed by atoms with Crippen LogP contribution >= 0.6 is 0 Å². The van der Waals surface area contributed by atoms with Gasteiger partial charge in [-0.25, -0.2) is 4.79 Å². The van der Waals surface area contributed by atoms with Crippen LogP contribution in [0.1, 0.15) is 18.1 Å². The third kappa shape index (κ3) is 5.10. The Morgan fingerprint density at radius 3 is 2.31 bits per heavy atom. The van der Waals surface area contributed by atoms with Gasteiger partial charge in [0.15, 0.2) is 0 Å². The summed E-state index contributed by atoms with van der Waals surface area (Å²) in [6.07, 6.45) is 0. The van der Waals surface area contributed by atoms with Crippen LogP contribution in [0.2, 0.25) is 0 Å². The van der Waals surface area contributed by atoms with Crippen molar-refractivity contribution < 1.29 is 23.9 Å². The van der Waals surface area contributed by atoms with Gasteiger partial charge in [0.2, 0.25) is 0 Å². The third-order valence-electron chi connectivity index (χ3n) is 6.06. The lowest BCUT2D eigenvalue weighted by molar-refractivity contribution is -0.138. The lowest BCUT2D eigenvalue weighted by Gasteiger charge is -2.26. The van der Waals surface area contributed by atoms with Gasteiger partial charge in [0.05, 0.1) is 20.8 Å². The van der Waals surface area contributed by atoms with Gasteiger partial charge in [0.25, 0.3) is 11.8 Å². The predicted molar refractivity (Wildman–Crippen MR) is 134 cm³/mol. The molecule has 1 saturated heterocycles. The van der Waals surface area contributed by atoms with E-state index in [9.17, 15) is 14.4 Å². The molecule has 4 rings (SSSR count). The second kappa shape index (κ2) is 10.4. The van der Waals surface area contributed by atoms with Gasteiger partial charge >= 0.3 is 6.03 Å². The zero-order chi connectivity index (χ0) is 25.7. The molecule has 9 heteroatoms. The van der Waals surface area contributed by atoms with Crippen molar-refractivity contribution in [1.29, 1.82) is 0 Å². The number of amides is 4. The van der Waals surface area contributed by atoms with E-state index >= 15 is 0 Å². The van der Waals surface area contributed by atoms with Crippen molar-refractivity contribution in [2.24, 2.45) is 0 Å². The third-order valence-corrected chi connectivity index (χ3v) is 6.06. The highest BCUT2D eigenvalue weighted by atomic mass is 16.5. The highest BCUT2D eigenvalue weighted by Gasteiger charge is 2.50. The van der Waals surface area contributed by atoms with Gasteiger partial charge in [-0.05, 0) is 54.4 Å². The molecule has 1 fully saturated rings. The van der Waals surface area contributed by atoms with Gasteiger partial charge in [-0.15, -0.1) is 0 Å². The molecule has 4 amide bonds. The summed E-state index contributed by atoms with van der Waals surface area (Å²) in [4.78, 5) is 40.9. The number of methoxy groups -OCH3 is 2. The van der Waals surface area contributed by atoms with E-state index in [1.54, 1.807) is 38.3 Å². The fourth-order valence-electron chi connectivity index (χ4n) is 4.04. The van der Waals surface area contributed by atoms with Crippen molar-refractivity contribution >= 4 is 23.5 Å². The largest absolute Gasteiger partial charge is 0.497 e. The predicted octanol–water partition coefficient (Wildman–Crippen LogP) is 3.21. The molecule has 36 heavy (non-hydrogen) atoms. The molecule has 0 spiro atoms. The molecule has 0 bridgehead atoms. The maximum Gasteiger partial charge on any atom is 0.344 e. The first-order chi connectivity index (χ1) is 17.3. The second-order valence-corrected chi connectivity index (χ2v) is 8.50. The minimum absolute atomic E-state index is 0.0891. The summed E-state index contributed by atoms with van der Waals surface area (Å²) >= 11 is 0. The Labute approximate surface area is 209 Å². The number of rotatable bonds is 9. The number of carbonyl (C=O) groups excluding carboxylic acids is 3. The van der Waals surface area contributed by atoms with E-state index in [4.69, 9.17) is 9.47 Å². The molecule has 1 unspecified atom stereocenters. The second-order valence-electron chi connectivity index (χ2n) is 8.50. The number of nitrogens with zero attached hydrogens (tertiary/aromatic N) is 2. The average Bonchev–Trinajstić information content (AvgIpc) is 3.12. The van der Waals surface area contributed by atoms with Crippen molar-refractivity contribution in [2.75, 3.05) is 25.7 Å². The topological polar surface area (TPSA) is 100 Å². The van der Waals surface area contributed by atoms with Crippen LogP contribution in [0.25, 0.3) is 0 Å². The summed E-state index contributed by atoms with van der Waals surface area (Å²) in [5.41, 5.74) is 3.46. The molecule has 3 aromatic rings. The van der Waals surface area contributed by atoms with E-state index in [0.29, 0.717) is 23.6 Å². The minimum Gasteiger partial charge on any atom is -0.497 e. The molecule has 9 nitrogen and oxygen atoms in total. The smallest absolute Gasteiger partial charge is 0.344 e. The van der Waals surface area contributed by atoms with E-state index in [2.05, 4.69) is 10.7 Å². The zero-order valence-corrected chi connectivity index (χ0v) is 20.4. The Kier molecular flexibility index (Phi) is 7.10. The molecule has 1 heterocycles. The number of nitrogens with one attached hydrogen (secondary N) is 2. The Hall–Kier alpha value is -4.53. The van der Waals surface area contributed by atoms with Gasteiger partial charge in [0, 0.05) is 12.2 Å². The molecule has 0 aromatic heterocycles. The highest BCUT2D eigenvalue weighted by Crippen LogP contribution is 2.30. The summed E-state index contributed by atoms with van der Waals surface area (Å²) < 4.78 is 10.5. The monoisotopic (exact) mass is 488 g/mol. The fourth-order valence-corrected chi connectivity index (χ4v) is 4.04. The molecule has 186 valence electrons. The van der Waals surface area contributed by atoms with Crippen LogP contribution in [0.4, 0.5) is 10.5 Å². The van der Waals surface area contributed by atoms with Crippen LogP contribution in [0.3, 0.4) is 0 Å². The number of hydrogen-bond acceptors (Lipinski definition) is 6. The minimum atomic E-state index is -1.35. The van der Waals surface area contributed by atoms with Gasteiger partial charge in [-0.3, -0.25) is 15.0 Å². The molecule has 1 aliphatic rings. The van der Waals surface area contributed by atoms with Crippen LogP contribution < -0.4 is 25.1 Å². The molecule has 0 aliphatic carbocycles. The van der Waals surface area contributed by atoms with E-state index in [0.717, 1.165) is 16.3 Å². The average molecular weight is 489 g/mol. The number of urea groups is 1.